The lowest BCUT2D eigenvalue weighted by atomic mass is 9.93. The smallest absolute Gasteiger partial charge is 0.231 e. The van der Waals surface area contributed by atoms with Crippen LogP contribution in [-0.2, 0) is 4.79 Å². The molecule has 0 spiro atoms. The van der Waals surface area contributed by atoms with Crippen molar-refractivity contribution < 1.29 is 13.9 Å². The van der Waals surface area contributed by atoms with Crippen LogP contribution < -0.4 is 10.5 Å². The highest BCUT2D eigenvalue weighted by atomic mass is 19.1. The van der Waals surface area contributed by atoms with Crippen LogP contribution in [0.4, 0.5) is 4.39 Å². The second kappa shape index (κ2) is 7.09. The topological polar surface area (TPSA) is 78.1 Å². The minimum absolute atomic E-state index is 0.387. The summed E-state index contributed by atoms with van der Waals surface area (Å²) < 4.78 is 18.7. The molecular weight excluding hydrogens is 321 g/mol. The predicted molar refractivity (Wildman–Crippen MR) is 91.5 cm³/mol. The first kappa shape index (κ1) is 16.6. The minimum atomic E-state index is -0.700. The first-order valence-corrected chi connectivity index (χ1v) is 7.59. The van der Waals surface area contributed by atoms with Crippen LogP contribution in [-0.4, -0.2) is 23.0 Å². The maximum Gasteiger partial charge on any atom is 0.231 e. The Kier molecular flexibility index (Phi) is 4.70. The number of hydrogen-bond donors (Lipinski definition) is 1. The number of methoxy groups -OCH3 is 1. The molecule has 1 unspecified atom stereocenters. The van der Waals surface area contributed by atoms with Crippen LogP contribution in [0.5, 0.6) is 5.75 Å². The fourth-order valence-corrected chi connectivity index (χ4v) is 2.71. The lowest BCUT2D eigenvalue weighted by Crippen LogP contribution is -2.23. The first-order valence-electron chi connectivity index (χ1n) is 7.59. The second-order valence-electron chi connectivity index (χ2n) is 5.43. The fraction of sp³-hybridized carbons (Fsp3) is 0.105. The summed E-state index contributed by atoms with van der Waals surface area (Å²) in [7, 11) is 1.48. The number of amides is 1. The summed E-state index contributed by atoms with van der Waals surface area (Å²) >= 11 is 0. The van der Waals surface area contributed by atoms with Gasteiger partial charge >= 0.3 is 0 Å². The summed E-state index contributed by atoms with van der Waals surface area (Å²) in [4.78, 5) is 20.3. The van der Waals surface area contributed by atoms with Gasteiger partial charge in [0.15, 0.2) is 0 Å². The molecule has 0 aliphatic rings. The number of ether oxygens (including phenoxy) is 1. The molecule has 2 heterocycles. The molecule has 2 aromatic heterocycles. The largest absolute Gasteiger partial charge is 0.496 e. The Labute approximate surface area is 144 Å². The van der Waals surface area contributed by atoms with E-state index in [1.807, 2.05) is 0 Å². The average molecular weight is 337 g/mol. The molecular formula is C19H16FN3O2. The summed E-state index contributed by atoms with van der Waals surface area (Å²) in [5, 5.41) is 0. The van der Waals surface area contributed by atoms with Crippen molar-refractivity contribution in [2.45, 2.75) is 5.92 Å². The van der Waals surface area contributed by atoms with E-state index >= 15 is 0 Å². The first-order chi connectivity index (χ1) is 12.1. The third-order valence-electron chi connectivity index (χ3n) is 3.88. The third kappa shape index (κ3) is 3.47. The molecule has 0 saturated carbocycles. The van der Waals surface area contributed by atoms with Gasteiger partial charge in [0.25, 0.3) is 0 Å². The molecule has 0 fully saturated rings. The minimum Gasteiger partial charge on any atom is -0.496 e. The Balaban J connectivity index is 2.08. The Morgan fingerprint density at radius 2 is 1.88 bits per heavy atom. The van der Waals surface area contributed by atoms with Crippen LogP contribution >= 0.6 is 0 Å². The lowest BCUT2D eigenvalue weighted by Gasteiger charge is -2.15. The Bertz CT molecular complexity index is 900. The van der Waals surface area contributed by atoms with Gasteiger partial charge in [0.1, 0.15) is 17.5 Å². The molecule has 25 heavy (non-hydrogen) atoms. The van der Waals surface area contributed by atoms with Gasteiger partial charge < -0.3 is 10.5 Å². The maximum absolute atomic E-state index is 13.4. The molecule has 3 rings (SSSR count). The van der Waals surface area contributed by atoms with Gasteiger partial charge in [-0.05, 0) is 47.5 Å². The van der Waals surface area contributed by atoms with Gasteiger partial charge in [-0.15, -0.1) is 0 Å². The van der Waals surface area contributed by atoms with Gasteiger partial charge in [-0.1, -0.05) is 0 Å². The second-order valence-corrected chi connectivity index (χ2v) is 5.43. The average Bonchev–Trinajstić information content (AvgIpc) is 2.62. The highest BCUT2D eigenvalue weighted by molar-refractivity contribution is 5.85. The number of nitrogens with zero attached hydrogens (tertiary/aromatic N) is 2. The zero-order valence-electron chi connectivity index (χ0n) is 13.5. The van der Waals surface area contributed by atoms with E-state index in [1.54, 1.807) is 48.9 Å². The molecule has 2 N–H and O–H groups in total. The van der Waals surface area contributed by atoms with E-state index in [0.717, 1.165) is 5.56 Å². The number of carbonyl (C=O) groups is 1. The number of benzene rings is 1. The van der Waals surface area contributed by atoms with E-state index in [9.17, 15) is 9.18 Å². The standard InChI is InChI=1S/C19H16FN3O2/c1-25-17-11-14(20)2-3-15(17)13-6-9-23-16(10-13)18(19(21)24)12-4-7-22-8-5-12/h2-11,18H,1H3,(H2,21,24). The van der Waals surface area contributed by atoms with E-state index in [2.05, 4.69) is 9.97 Å². The van der Waals surface area contributed by atoms with E-state index in [-0.39, 0.29) is 5.82 Å². The van der Waals surface area contributed by atoms with Gasteiger partial charge in [-0.25, -0.2) is 4.39 Å². The molecule has 0 saturated heterocycles. The SMILES string of the molecule is COc1cc(F)ccc1-c1ccnc(C(C(N)=O)c2ccncc2)c1. The number of halogens is 1. The maximum atomic E-state index is 13.4. The van der Waals surface area contributed by atoms with Gasteiger partial charge in [0.05, 0.1) is 12.8 Å². The van der Waals surface area contributed by atoms with Crippen LogP contribution in [0.25, 0.3) is 11.1 Å². The number of rotatable bonds is 5. The van der Waals surface area contributed by atoms with Crippen molar-refractivity contribution in [2.75, 3.05) is 7.11 Å². The molecule has 1 amide bonds. The van der Waals surface area contributed by atoms with E-state index in [4.69, 9.17) is 10.5 Å². The van der Waals surface area contributed by atoms with Crippen LogP contribution in [0, 0.1) is 5.82 Å². The monoisotopic (exact) mass is 337 g/mol. The summed E-state index contributed by atoms with van der Waals surface area (Å²) in [5.41, 5.74) is 8.25. The molecule has 0 radical (unpaired) electrons. The van der Waals surface area contributed by atoms with Crippen molar-refractivity contribution in [3.63, 3.8) is 0 Å². The zero-order valence-corrected chi connectivity index (χ0v) is 13.5. The Hall–Kier alpha value is -3.28. The zero-order chi connectivity index (χ0) is 17.8. The molecule has 5 nitrogen and oxygen atoms in total. The van der Waals surface area contributed by atoms with Crippen molar-refractivity contribution in [3.05, 3.63) is 78.1 Å². The molecule has 1 aromatic carbocycles. The number of carbonyl (C=O) groups excluding carboxylic acids is 1. The quantitative estimate of drug-likeness (QED) is 0.776. The number of pyridine rings is 2. The summed E-state index contributed by atoms with van der Waals surface area (Å²) in [6, 6.07) is 11.3. The Morgan fingerprint density at radius 1 is 1.12 bits per heavy atom. The molecule has 6 heteroatoms. The Morgan fingerprint density at radius 3 is 2.56 bits per heavy atom. The summed E-state index contributed by atoms with van der Waals surface area (Å²) in [6.45, 7) is 0. The van der Waals surface area contributed by atoms with Crippen molar-refractivity contribution >= 4 is 5.91 Å². The third-order valence-corrected chi connectivity index (χ3v) is 3.88. The predicted octanol–water partition coefficient (Wildman–Crippen LogP) is 2.91. The van der Waals surface area contributed by atoms with Crippen LogP contribution in [0.3, 0.4) is 0 Å². The van der Waals surface area contributed by atoms with Crippen LogP contribution in [0.1, 0.15) is 17.2 Å². The van der Waals surface area contributed by atoms with Gasteiger partial charge in [-0.2, -0.15) is 0 Å². The highest BCUT2D eigenvalue weighted by Gasteiger charge is 2.22. The molecule has 0 bridgehead atoms. The van der Waals surface area contributed by atoms with Crippen LogP contribution in [0.15, 0.2) is 61.1 Å². The highest BCUT2D eigenvalue weighted by Crippen LogP contribution is 2.32. The molecule has 0 aliphatic heterocycles. The normalized spacial score (nSPS) is 11.8. The number of hydrogen-bond acceptors (Lipinski definition) is 4. The van der Waals surface area contributed by atoms with Crippen molar-refractivity contribution in [1.82, 2.24) is 9.97 Å². The van der Waals surface area contributed by atoms with Gasteiger partial charge in [0, 0.05) is 30.2 Å². The van der Waals surface area contributed by atoms with E-state index in [1.165, 1.54) is 19.2 Å². The molecule has 3 aromatic rings. The molecule has 126 valence electrons. The van der Waals surface area contributed by atoms with Gasteiger partial charge in [0.2, 0.25) is 5.91 Å². The van der Waals surface area contributed by atoms with Crippen molar-refractivity contribution in [2.24, 2.45) is 5.73 Å². The molecule has 1 atom stereocenters. The summed E-state index contributed by atoms with van der Waals surface area (Å²) in [5.74, 6) is -1.20. The van der Waals surface area contributed by atoms with Gasteiger partial charge in [-0.3, -0.25) is 14.8 Å². The summed E-state index contributed by atoms with van der Waals surface area (Å²) in [6.07, 6.45) is 4.78. The number of nitrogens with two attached hydrogens (primary N) is 1. The van der Waals surface area contributed by atoms with Crippen molar-refractivity contribution in [3.8, 4) is 16.9 Å². The number of aromatic nitrogens is 2. The molecule has 0 aliphatic carbocycles. The van der Waals surface area contributed by atoms with Crippen molar-refractivity contribution in [1.29, 1.82) is 0 Å². The van der Waals surface area contributed by atoms with E-state index in [0.29, 0.717) is 22.6 Å². The fourth-order valence-electron chi connectivity index (χ4n) is 2.71. The lowest BCUT2D eigenvalue weighted by molar-refractivity contribution is -0.118. The van der Waals surface area contributed by atoms with Crippen LogP contribution in [0.2, 0.25) is 0 Å². The number of primary amides is 1. The van der Waals surface area contributed by atoms with E-state index < -0.39 is 11.8 Å².